The smallest absolute Gasteiger partial charge is 0.233 e. The molecule has 2 heterocycles. The number of aliphatic imine (C=N–C) groups is 1. The van der Waals surface area contributed by atoms with Gasteiger partial charge in [-0.3, -0.25) is 19.5 Å². The van der Waals surface area contributed by atoms with Crippen molar-refractivity contribution in [2.75, 3.05) is 26.2 Å². The number of carbonyl (C=O) groups is 2. The van der Waals surface area contributed by atoms with Gasteiger partial charge in [-0.25, -0.2) is 0 Å². The molecule has 156 valence electrons. The van der Waals surface area contributed by atoms with E-state index in [9.17, 15) is 9.59 Å². The van der Waals surface area contributed by atoms with Crippen molar-refractivity contribution in [3.63, 3.8) is 0 Å². The highest BCUT2D eigenvalue weighted by Gasteiger charge is 2.58. The molecule has 2 bridgehead atoms. The van der Waals surface area contributed by atoms with E-state index in [2.05, 4.69) is 38.0 Å². The first-order valence-electron chi connectivity index (χ1n) is 10.6. The molecule has 0 radical (unpaired) electrons. The molecule has 4 unspecified atom stereocenters. The van der Waals surface area contributed by atoms with Crippen LogP contribution in [0.4, 0.5) is 0 Å². The molecule has 1 saturated heterocycles. The molecule has 1 aromatic rings. The van der Waals surface area contributed by atoms with Gasteiger partial charge in [-0.1, -0.05) is 19.1 Å². The van der Waals surface area contributed by atoms with E-state index in [4.69, 9.17) is 0 Å². The van der Waals surface area contributed by atoms with E-state index in [1.165, 1.54) is 4.90 Å². The number of guanidine groups is 1. The van der Waals surface area contributed by atoms with Crippen LogP contribution in [-0.2, 0) is 22.6 Å². The number of carbonyl (C=O) groups excluding carboxylic acids is 2. The molecule has 9 nitrogen and oxygen atoms in total. The molecular formula is C20H29N7O2. The Morgan fingerprint density at radius 3 is 2.52 bits per heavy atom. The third-order valence-electron chi connectivity index (χ3n) is 6.16. The summed E-state index contributed by atoms with van der Waals surface area (Å²) < 4.78 is 2.00. The van der Waals surface area contributed by atoms with Gasteiger partial charge in [-0.2, -0.15) is 0 Å². The lowest BCUT2D eigenvalue weighted by atomic mass is 9.85. The zero-order chi connectivity index (χ0) is 20.4. The van der Waals surface area contributed by atoms with E-state index in [0.29, 0.717) is 32.1 Å². The zero-order valence-electron chi connectivity index (χ0n) is 17.0. The lowest BCUT2D eigenvalue weighted by Gasteiger charge is -2.18. The van der Waals surface area contributed by atoms with Crippen molar-refractivity contribution in [1.29, 1.82) is 0 Å². The fourth-order valence-electron chi connectivity index (χ4n) is 4.82. The number of amides is 2. The minimum absolute atomic E-state index is 0.000271. The predicted molar refractivity (Wildman–Crippen MR) is 108 cm³/mol. The summed E-state index contributed by atoms with van der Waals surface area (Å²) in [6.07, 6.45) is 7.75. The van der Waals surface area contributed by atoms with Gasteiger partial charge in [-0.15, -0.1) is 10.2 Å². The fourth-order valence-corrected chi connectivity index (χ4v) is 4.82. The summed E-state index contributed by atoms with van der Waals surface area (Å²) in [5.41, 5.74) is 0. The first-order chi connectivity index (χ1) is 14.1. The normalized spacial score (nSPS) is 27.8. The van der Waals surface area contributed by atoms with E-state index >= 15 is 0 Å². The fraction of sp³-hybridized carbons (Fsp3) is 0.650. The van der Waals surface area contributed by atoms with Gasteiger partial charge in [0, 0.05) is 32.6 Å². The molecule has 3 aliphatic rings. The Hall–Kier alpha value is -2.71. The average Bonchev–Trinajstić information content (AvgIpc) is 3.48. The monoisotopic (exact) mass is 399 g/mol. The topological polar surface area (TPSA) is 105 Å². The molecule has 9 heteroatoms. The third-order valence-corrected chi connectivity index (χ3v) is 6.16. The number of allylic oxidation sites excluding steroid dienone is 2. The van der Waals surface area contributed by atoms with Crippen LogP contribution in [0.25, 0.3) is 0 Å². The zero-order valence-corrected chi connectivity index (χ0v) is 17.0. The molecule has 1 aromatic heterocycles. The molecule has 4 atom stereocenters. The van der Waals surface area contributed by atoms with Gasteiger partial charge < -0.3 is 15.2 Å². The van der Waals surface area contributed by atoms with Crippen molar-refractivity contribution in [3.8, 4) is 0 Å². The highest BCUT2D eigenvalue weighted by atomic mass is 16.2. The van der Waals surface area contributed by atoms with Crippen molar-refractivity contribution in [1.82, 2.24) is 30.3 Å². The van der Waals surface area contributed by atoms with E-state index in [-0.39, 0.29) is 35.5 Å². The van der Waals surface area contributed by atoms with Crippen molar-refractivity contribution in [2.24, 2.45) is 28.7 Å². The quantitative estimate of drug-likeness (QED) is 0.280. The Kier molecular flexibility index (Phi) is 5.64. The van der Waals surface area contributed by atoms with Crippen LogP contribution >= 0.6 is 0 Å². The predicted octanol–water partition coefficient (Wildman–Crippen LogP) is 0.203. The lowest BCUT2D eigenvalue weighted by Crippen LogP contribution is -2.43. The number of aromatic nitrogens is 3. The molecule has 2 aliphatic carbocycles. The van der Waals surface area contributed by atoms with Gasteiger partial charge in [0.05, 0.1) is 18.4 Å². The molecule has 1 saturated carbocycles. The SMILES string of the molecule is CCNC(=NCCn1cnnc1CC)NCCN1C(=O)C2C3C=CC(C3)C2C1=O. The van der Waals surface area contributed by atoms with Gasteiger partial charge in [0.15, 0.2) is 5.96 Å². The molecule has 2 N–H and O–H groups in total. The van der Waals surface area contributed by atoms with Crippen molar-refractivity contribution >= 4 is 17.8 Å². The number of likely N-dealkylation sites (tertiary alicyclic amines) is 1. The second-order valence-corrected chi connectivity index (χ2v) is 7.81. The average molecular weight is 399 g/mol. The summed E-state index contributed by atoms with van der Waals surface area (Å²) in [6, 6.07) is 0. The second kappa shape index (κ2) is 8.34. The van der Waals surface area contributed by atoms with Gasteiger partial charge in [0.2, 0.25) is 11.8 Å². The van der Waals surface area contributed by atoms with Crippen molar-refractivity contribution in [3.05, 3.63) is 24.3 Å². The molecule has 4 rings (SSSR count). The van der Waals surface area contributed by atoms with Crippen LogP contribution in [0, 0.1) is 23.7 Å². The lowest BCUT2D eigenvalue weighted by molar-refractivity contribution is -0.140. The Bertz CT molecular complexity index is 801. The van der Waals surface area contributed by atoms with Crippen molar-refractivity contribution in [2.45, 2.75) is 33.2 Å². The first kappa shape index (κ1) is 19.6. The summed E-state index contributed by atoms with van der Waals surface area (Å²) in [7, 11) is 0. The Labute approximate surface area is 170 Å². The highest BCUT2D eigenvalue weighted by molar-refractivity contribution is 6.06. The Morgan fingerprint density at radius 1 is 1.14 bits per heavy atom. The molecule has 2 fully saturated rings. The minimum atomic E-state index is -0.129. The molecular weight excluding hydrogens is 370 g/mol. The number of imide groups is 1. The number of nitrogens with zero attached hydrogens (tertiary/aromatic N) is 5. The van der Waals surface area contributed by atoms with Crippen LogP contribution in [0.15, 0.2) is 23.5 Å². The van der Waals surface area contributed by atoms with Crippen LogP contribution in [0.1, 0.15) is 26.1 Å². The Morgan fingerprint density at radius 2 is 1.86 bits per heavy atom. The maximum absolute atomic E-state index is 12.7. The number of aryl methyl sites for hydroxylation is 1. The van der Waals surface area contributed by atoms with Gasteiger partial charge >= 0.3 is 0 Å². The standard InChI is InChI=1S/C20H29N7O2/c1-3-15-25-24-12-26(15)9-7-22-20(21-4-2)23-8-10-27-18(28)16-13-5-6-14(11-13)17(16)19(27)29/h5-6,12-14,16-17H,3-4,7-11H2,1-2H3,(H2,21,22,23). The first-order valence-corrected chi connectivity index (χ1v) is 10.6. The molecule has 0 spiro atoms. The maximum Gasteiger partial charge on any atom is 0.233 e. The summed E-state index contributed by atoms with van der Waals surface area (Å²) in [4.78, 5) is 31.5. The van der Waals surface area contributed by atoms with Gasteiger partial charge in [0.1, 0.15) is 12.2 Å². The summed E-state index contributed by atoms with van der Waals surface area (Å²) >= 11 is 0. The number of nitrogens with one attached hydrogen (secondary N) is 2. The third kappa shape index (κ3) is 3.65. The van der Waals surface area contributed by atoms with Crippen LogP contribution in [-0.4, -0.2) is 63.6 Å². The van der Waals surface area contributed by atoms with E-state index in [1.807, 2.05) is 18.4 Å². The van der Waals surface area contributed by atoms with Gasteiger partial charge in [0.25, 0.3) is 0 Å². The van der Waals surface area contributed by atoms with Crippen LogP contribution in [0.5, 0.6) is 0 Å². The summed E-state index contributed by atoms with van der Waals surface area (Å²) in [5, 5.41) is 14.4. The Balaban J connectivity index is 1.29. The largest absolute Gasteiger partial charge is 0.357 e. The van der Waals surface area contributed by atoms with Gasteiger partial charge in [-0.05, 0) is 25.2 Å². The number of fused-ring (bicyclic) bond motifs is 5. The van der Waals surface area contributed by atoms with Crippen LogP contribution < -0.4 is 10.6 Å². The highest BCUT2D eigenvalue weighted by Crippen LogP contribution is 2.52. The van der Waals surface area contributed by atoms with E-state index in [0.717, 1.165) is 25.2 Å². The second-order valence-electron chi connectivity index (χ2n) is 7.81. The van der Waals surface area contributed by atoms with Crippen LogP contribution in [0.3, 0.4) is 0 Å². The summed E-state index contributed by atoms with van der Waals surface area (Å²) in [5.74, 6) is 1.87. The summed E-state index contributed by atoms with van der Waals surface area (Å²) in [6.45, 7) is 6.93. The van der Waals surface area contributed by atoms with E-state index < -0.39 is 0 Å². The van der Waals surface area contributed by atoms with Crippen molar-refractivity contribution < 1.29 is 9.59 Å². The number of rotatable bonds is 8. The number of hydrogen-bond acceptors (Lipinski definition) is 5. The molecule has 0 aromatic carbocycles. The minimum Gasteiger partial charge on any atom is -0.357 e. The molecule has 2 amide bonds. The number of hydrogen-bond donors (Lipinski definition) is 2. The van der Waals surface area contributed by atoms with E-state index in [1.54, 1.807) is 6.33 Å². The molecule has 29 heavy (non-hydrogen) atoms. The maximum atomic E-state index is 12.7. The molecule has 1 aliphatic heterocycles. The van der Waals surface area contributed by atoms with Crippen LogP contribution in [0.2, 0.25) is 0 Å².